The van der Waals surface area contributed by atoms with Gasteiger partial charge in [-0.05, 0) is 18.6 Å². The average molecular weight is 355 g/mol. The van der Waals surface area contributed by atoms with Crippen LogP contribution in [0.3, 0.4) is 0 Å². The lowest BCUT2D eigenvalue weighted by Crippen LogP contribution is -2.37. The Balaban J connectivity index is 1.96. The molecule has 0 saturated heterocycles. The van der Waals surface area contributed by atoms with Gasteiger partial charge in [0.2, 0.25) is 10.0 Å². The standard InChI is InChI=1S/C16H19F2N3O2S/c1-2-3-9-24(22,23)21-8-7-14-11(10-21)16(20-19-14)15-12(17)5-4-6-13(15)18/h4-6H,2-3,7-10H2,1H3,(H,19,20). The van der Waals surface area contributed by atoms with Crippen LogP contribution < -0.4 is 0 Å². The van der Waals surface area contributed by atoms with Crippen molar-refractivity contribution in [3.8, 4) is 11.3 Å². The molecule has 8 heteroatoms. The summed E-state index contributed by atoms with van der Waals surface area (Å²) in [7, 11) is -3.38. The van der Waals surface area contributed by atoms with E-state index in [1.165, 1.54) is 10.4 Å². The van der Waals surface area contributed by atoms with E-state index in [2.05, 4.69) is 10.2 Å². The van der Waals surface area contributed by atoms with Crippen LogP contribution in [0.25, 0.3) is 11.3 Å². The lowest BCUT2D eigenvalue weighted by atomic mass is 10.0. The molecule has 5 nitrogen and oxygen atoms in total. The van der Waals surface area contributed by atoms with Gasteiger partial charge in [-0.15, -0.1) is 0 Å². The minimum absolute atomic E-state index is 0.0834. The van der Waals surface area contributed by atoms with Crippen LogP contribution in [-0.2, 0) is 23.0 Å². The Labute approximate surface area is 139 Å². The molecule has 0 radical (unpaired) electrons. The van der Waals surface area contributed by atoms with Crippen LogP contribution >= 0.6 is 0 Å². The molecule has 0 aliphatic carbocycles. The molecule has 130 valence electrons. The Morgan fingerprint density at radius 2 is 2.00 bits per heavy atom. The maximum absolute atomic E-state index is 14.1. The molecule has 0 amide bonds. The monoisotopic (exact) mass is 355 g/mol. The zero-order chi connectivity index (χ0) is 17.3. The van der Waals surface area contributed by atoms with Gasteiger partial charge in [0.15, 0.2) is 0 Å². The fourth-order valence-corrected chi connectivity index (χ4v) is 4.50. The second-order valence-corrected chi connectivity index (χ2v) is 7.97. The van der Waals surface area contributed by atoms with E-state index in [0.717, 1.165) is 24.2 Å². The first kappa shape index (κ1) is 17.0. The van der Waals surface area contributed by atoms with E-state index in [9.17, 15) is 17.2 Å². The number of benzene rings is 1. The smallest absolute Gasteiger partial charge is 0.214 e. The number of unbranched alkanes of at least 4 members (excludes halogenated alkanes) is 1. The SMILES string of the molecule is CCCCS(=O)(=O)N1CCc2[nH]nc(-c3c(F)cccc3F)c2C1. The summed E-state index contributed by atoms with van der Waals surface area (Å²) < 4.78 is 54.3. The molecule has 24 heavy (non-hydrogen) atoms. The Morgan fingerprint density at radius 3 is 2.67 bits per heavy atom. The molecule has 0 unspecified atom stereocenters. The van der Waals surface area contributed by atoms with Crippen LogP contribution in [0.5, 0.6) is 0 Å². The molecule has 1 N–H and O–H groups in total. The summed E-state index contributed by atoms with van der Waals surface area (Å²) in [5.41, 5.74) is 1.21. The van der Waals surface area contributed by atoms with E-state index < -0.39 is 21.7 Å². The highest BCUT2D eigenvalue weighted by Gasteiger charge is 2.31. The number of hydrogen-bond acceptors (Lipinski definition) is 3. The number of nitrogens with zero attached hydrogens (tertiary/aromatic N) is 2. The molecule has 2 aromatic rings. The zero-order valence-corrected chi connectivity index (χ0v) is 14.2. The van der Waals surface area contributed by atoms with E-state index >= 15 is 0 Å². The highest BCUT2D eigenvalue weighted by atomic mass is 32.2. The van der Waals surface area contributed by atoms with E-state index in [0.29, 0.717) is 24.9 Å². The van der Waals surface area contributed by atoms with Crippen molar-refractivity contribution in [2.24, 2.45) is 0 Å². The van der Waals surface area contributed by atoms with Crippen LogP contribution in [0.1, 0.15) is 31.0 Å². The minimum Gasteiger partial charge on any atom is -0.282 e. The summed E-state index contributed by atoms with van der Waals surface area (Å²) in [6.07, 6.45) is 1.82. The normalized spacial score (nSPS) is 15.5. The molecular formula is C16H19F2N3O2S. The number of aromatic nitrogens is 2. The van der Waals surface area contributed by atoms with Crippen LogP contribution in [0.15, 0.2) is 18.2 Å². The Kier molecular flexibility index (Phi) is 4.69. The molecule has 0 bridgehead atoms. The van der Waals surface area contributed by atoms with Gasteiger partial charge in [0.1, 0.15) is 17.3 Å². The molecule has 1 aromatic heterocycles. The zero-order valence-electron chi connectivity index (χ0n) is 13.3. The fourth-order valence-electron chi connectivity index (χ4n) is 2.89. The first-order valence-electron chi connectivity index (χ1n) is 7.92. The van der Waals surface area contributed by atoms with Crippen molar-refractivity contribution in [1.82, 2.24) is 14.5 Å². The Hall–Kier alpha value is -1.80. The van der Waals surface area contributed by atoms with Gasteiger partial charge in [-0.3, -0.25) is 5.10 Å². The molecule has 1 aliphatic rings. The first-order chi connectivity index (χ1) is 11.4. The molecule has 0 fully saturated rings. The quantitative estimate of drug-likeness (QED) is 0.897. The summed E-state index contributed by atoms with van der Waals surface area (Å²) in [6, 6.07) is 3.62. The summed E-state index contributed by atoms with van der Waals surface area (Å²) in [4.78, 5) is 0. The predicted octanol–water partition coefficient (Wildman–Crippen LogP) is 2.84. The van der Waals surface area contributed by atoms with Gasteiger partial charge in [0.25, 0.3) is 0 Å². The molecule has 1 aromatic carbocycles. The summed E-state index contributed by atoms with van der Waals surface area (Å²) in [5.74, 6) is -1.34. The summed E-state index contributed by atoms with van der Waals surface area (Å²) >= 11 is 0. The lowest BCUT2D eigenvalue weighted by Gasteiger charge is -2.26. The first-order valence-corrected chi connectivity index (χ1v) is 9.53. The maximum atomic E-state index is 14.1. The number of halogens is 2. The van der Waals surface area contributed by atoms with Gasteiger partial charge in [-0.25, -0.2) is 17.2 Å². The molecule has 0 saturated carbocycles. The molecular weight excluding hydrogens is 336 g/mol. The summed E-state index contributed by atoms with van der Waals surface area (Å²) in [6.45, 7) is 2.36. The molecule has 0 atom stereocenters. The molecule has 1 aliphatic heterocycles. The third kappa shape index (κ3) is 3.08. The van der Waals surface area contributed by atoms with Gasteiger partial charge >= 0.3 is 0 Å². The number of H-pyrrole nitrogens is 1. The van der Waals surface area contributed by atoms with Crippen LogP contribution in [0, 0.1) is 11.6 Å². The van der Waals surface area contributed by atoms with Crippen molar-refractivity contribution in [1.29, 1.82) is 0 Å². The van der Waals surface area contributed by atoms with Gasteiger partial charge in [-0.1, -0.05) is 19.4 Å². The molecule has 3 rings (SSSR count). The van der Waals surface area contributed by atoms with Crippen LogP contribution in [-0.4, -0.2) is 35.2 Å². The highest BCUT2D eigenvalue weighted by molar-refractivity contribution is 7.89. The lowest BCUT2D eigenvalue weighted by molar-refractivity contribution is 0.389. The largest absolute Gasteiger partial charge is 0.282 e. The van der Waals surface area contributed by atoms with Crippen LogP contribution in [0.4, 0.5) is 8.78 Å². The highest BCUT2D eigenvalue weighted by Crippen LogP contribution is 2.32. The van der Waals surface area contributed by atoms with E-state index in [-0.39, 0.29) is 23.6 Å². The number of aromatic amines is 1. The predicted molar refractivity (Wildman–Crippen MR) is 86.7 cm³/mol. The third-order valence-electron chi connectivity index (χ3n) is 4.25. The number of rotatable bonds is 5. The van der Waals surface area contributed by atoms with Crippen molar-refractivity contribution in [3.05, 3.63) is 41.1 Å². The topological polar surface area (TPSA) is 66.1 Å². The van der Waals surface area contributed by atoms with Crippen molar-refractivity contribution in [2.45, 2.75) is 32.7 Å². The van der Waals surface area contributed by atoms with Crippen LogP contribution in [0.2, 0.25) is 0 Å². The van der Waals surface area contributed by atoms with E-state index in [4.69, 9.17) is 0 Å². The van der Waals surface area contributed by atoms with Crippen molar-refractivity contribution in [2.75, 3.05) is 12.3 Å². The second kappa shape index (κ2) is 6.60. The van der Waals surface area contributed by atoms with E-state index in [1.54, 1.807) is 0 Å². The Morgan fingerprint density at radius 1 is 1.29 bits per heavy atom. The van der Waals surface area contributed by atoms with E-state index in [1.807, 2.05) is 6.92 Å². The number of nitrogens with one attached hydrogen (secondary N) is 1. The number of fused-ring (bicyclic) bond motifs is 1. The maximum Gasteiger partial charge on any atom is 0.214 e. The number of hydrogen-bond donors (Lipinski definition) is 1. The second-order valence-electron chi connectivity index (χ2n) is 5.88. The van der Waals surface area contributed by atoms with Gasteiger partial charge < -0.3 is 0 Å². The van der Waals surface area contributed by atoms with Crippen molar-refractivity contribution in [3.63, 3.8) is 0 Å². The van der Waals surface area contributed by atoms with Gasteiger partial charge in [0, 0.05) is 30.8 Å². The fraction of sp³-hybridized carbons (Fsp3) is 0.438. The van der Waals surface area contributed by atoms with Gasteiger partial charge in [-0.2, -0.15) is 9.40 Å². The average Bonchev–Trinajstić information content (AvgIpc) is 2.96. The number of sulfonamides is 1. The van der Waals surface area contributed by atoms with Crippen molar-refractivity contribution >= 4 is 10.0 Å². The third-order valence-corrected chi connectivity index (χ3v) is 6.15. The Bertz CT molecular complexity index is 829. The molecule has 0 spiro atoms. The summed E-state index contributed by atoms with van der Waals surface area (Å²) in [5, 5.41) is 6.83. The minimum atomic E-state index is -3.38. The molecule has 2 heterocycles. The van der Waals surface area contributed by atoms with Gasteiger partial charge in [0.05, 0.1) is 11.3 Å². The van der Waals surface area contributed by atoms with Crippen molar-refractivity contribution < 1.29 is 17.2 Å².